The Hall–Kier alpha value is -3.90. The third-order valence-electron chi connectivity index (χ3n) is 7.48. The van der Waals surface area contributed by atoms with Crippen molar-refractivity contribution in [2.45, 2.75) is 19.1 Å². The van der Waals surface area contributed by atoms with Gasteiger partial charge in [0.25, 0.3) is 0 Å². The van der Waals surface area contributed by atoms with Crippen LogP contribution in [0.1, 0.15) is 18.5 Å². The number of para-hydroxylation sites is 1. The standard InChI is InChI=1S/C32H28N4S/c1-20(21-9-3-2-4-10-21)35-32(33)22-15-18-29(34-19-22)36-27-13-7-5-11-23(27)25-16-17-26-24-12-6-8-14-28(24)37-31(26)30(25)36/h2-18,20,32,34-35H,19,33H2,1H3. The van der Waals surface area contributed by atoms with Crippen molar-refractivity contribution in [1.82, 2.24) is 15.2 Å². The van der Waals surface area contributed by atoms with Gasteiger partial charge in [0.15, 0.2) is 0 Å². The van der Waals surface area contributed by atoms with Crippen LogP contribution in [0.4, 0.5) is 0 Å². The van der Waals surface area contributed by atoms with Crippen molar-refractivity contribution >= 4 is 59.1 Å². The number of thiophene rings is 1. The molecule has 0 spiro atoms. The molecule has 0 aliphatic carbocycles. The average Bonchev–Trinajstić information content (AvgIpc) is 3.49. The van der Waals surface area contributed by atoms with Gasteiger partial charge in [0.2, 0.25) is 0 Å². The van der Waals surface area contributed by atoms with Crippen molar-refractivity contribution in [3.63, 3.8) is 0 Å². The molecule has 0 amide bonds. The van der Waals surface area contributed by atoms with E-state index in [0.717, 1.165) is 11.4 Å². The molecule has 4 N–H and O–H groups in total. The third-order valence-corrected chi connectivity index (χ3v) is 8.67. The Kier molecular flexibility index (Phi) is 5.36. The third kappa shape index (κ3) is 3.66. The molecule has 0 fully saturated rings. The molecule has 4 nitrogen and oxygen atoms in total. The van der Waals surface area contributed by atoms with Crippen LogP contribution in [0.15, 0.2) is 109 Å². The molecule has 4 aromatic carbocycles. The number of aromatic nitrogens is 1. The summed E-state index contributed by atoms with van der Waals surface area (Å²) in [5.74, 6) is 1.07. The number of nitrogens with two attached hydrogens (primary N) is 1. The van der Waals surface area contributed by atoms with Crippen LogP contribution in [0.5, 0.6) is 0 Å². The smallest absolute Gasteiger partial charge is 0.111 e. The SMILES string of the molecule is CC(NC(N)C1=CC=C(n2c3ccccc3c3ccc4c5ccccc5sc4c32)NC1)c1ccccc1. The second-order valence-electron chi connectivity index (χ2n) is 9.71. The molecule has 0 radical (unpaired) electrons. The second-order valence-corrected chi connectivity index (χ2v) is 10.8. The fourth-order valence-electron chi connectivity index (χ4n) is 5.56. The maximum atomic E-state index is 6.60. The first-order chi connectivity index (χ1) is 18.2. The molecule has 1 aliphatic heterocycles. The number of fused-ring (bicyclic) bond motifs is 7. The van der Waals surface area contributed by atoms with Crippen LogP contribution in [-0.2, 0) is 0 Å². The number of hydrogen-bond acceptors (Lipinski definition) is 4. The van der Waals surface area contributed by atoms with Crippen LogP contribution in [0.3, 0.4) is 0 Å². The van der Waals surface area contributed by atoms with E-state index < -0.39 is 0 Å². The fourth-order valence-corrected chi connectivity index (χ4v) is 6.80. The number of benzene rings is 4. The first-order valence-electron chi connectivity index (χ1n) is 12.7. The number of allylic oxidation sites excluding steroid dienone is 2. The lowest BCUT2D eigenvalue weighted by atomic mass is 10.1. The van der Waals surface area contributed by atoms with Gasteiger partial charge in [0.05, 0.1) is 21.9 Å². The molecule has 1 aliphatic rings. The van der Waals surface area contributed by atoms with Gasteiger partial charge in [-0.3, -0.25) is 9.88 Å². The van der Waals surface area contributed by atoms with E-state index in [4.69, 9.17) is 5.73 Å². The highest BCUT2D eigenvalue weighted by atomic mass is 32.1. The minimum atomic E-state index is -0.229. The highest BCUT2D eigenvalue weighted by molar-refractivity contribution is 7.26. The lowest BCUT2D eigenvalue weighted by Gasteiger charge is -2.26. The molecule has 3 heterocycles. The number of nitrogens with zero attached hydrogens (tertiary/aromatic N) is 1. The number of hydrogen-bond donors (Lipinski definition) is 3. The molecule has 2 atom stereocenters. The summed E-state index contributed by atoms with van der Waals surface area (Å²) in [4.78, 5) is 0. The van der Waals surface area contributed by atoms with Gasteiger partial charge in [-0.05, 0) is 36.3 Å². The van der Waals surface area contributed by atoms with E-state index >= 15 is 0 Å². The Labute approximate surface area is 219 Å². The largest absolute Gasteiger partial charge is 0.367 e. The predicted molar refractivity (Wildman–Crippen MR) is 159 cm³/mol. The zero-order valence-electron chi connectivity index (χ0n) is 20.6. The number of dihydropyridines is 1. The monoisotopic (exact) mass is 500 g/mol. The fraction of sp³-hybridized carbons (Fsp3) is 0.125. The average molecular weight is 501 g/mol. The molecule has 2 aromatic heterocycles. The van der Waals surface area contributed by atoms with Gasteiger partial charge >= 0.3 is 0 Å². The van der Waals surface area contributed by atoms with E-state index in [-0.39, 0.29) is 12.2 Å². The van der Waals surface area contributed by atoms with E-state index in [2.05, 4.69) is 119 Å². The first kappa shape index (κ1) is 22.3. The minimum absolute atomic E-state index is 0.168. The van der Waals surface area contributed by atoms with Crippen molar-refractivity contribution in [2.75, 3.05) is 6.54 Å². The van der Waals surface area contributed by atoms with Crippen LogP contribution < -0.4 is 16.4 Å². The van der Waals surface area contributed by atoms with Crippen LogP contribution in [0.25, 0.3) is 47.8 Å². The van der Waals surface area contributed by atoms with Crippen LogP contribution in [0, 0.1) is 0 Å². The predicted octanol–water partition coefficient (Wildman–Crippen LogP) is 7.13. The summed E-state index contributed by atoms with van der Waals surface area (Å²) in [6.45, 7) is 2.85. The van der Waals surface area contributed by atoms with E-state index in [9.17, 15) is 0 Å². The highest BCUT2D eigenvalue weighted by Crippen LogP contribution is 2.42. The van der Waals surface area contributed by atoms with Crippen molar-refractivity contribution in [3.05, 3.63) is 114 Å². The van der Waals surface area contributed by atoms with Crippen molar-refractivity contribution < 1.29 is 0 Å². The molecular weight excluding hydrogens is 472 g/mol. The molecule has 2 unspecified atom stereocenters. The first-order valence-corrected chi connectivity index (χ1v) is 13.6. The Morgan fingerprint density at radius 1 is 0.811 bits per heavy atom. The molecule has 7 rings (SSSR count). The maximum absolute atomic E-state index is 6.60. The zero-order chi connectivity index (χ0) is 24.9. The molecule has 0 saturated carbocycles. The minimum Gasteiger partial charge on any atom is -0.367 e. The van der Waals surface area contributed by atoms with Gasteiger partial charge in [0.1, 0.15) is 5.82 Å². The van der Waals surface area contributed by atoms with Gasteiger partial charge in [-0.25, -0.2) is 0 Å². The van der Waals surface area contributed by atoms with Gasteiger partial charge in [-0.15, -0.1) is 11.3 Å². The van der Waals surface area contributed by atoms with E-state index in [0.29, 0.717) is 6.54 Å². The van der Waals surface area contributed by atoms with Crippen molar-refractivity contribution in [3.8, 4) is 0 Å². The van der Waals surface area contributed by atoms with Gasteiger partial charge in [-0.2, -0.15) is 0 Å². The van der Waals surface area contributed by atoms with Gasteiger partial charge in [0, 0.05) is 38.8 Å². The zero-order valence-corrected chi connectivity index (χ0v) is 21.4. The van der Waals surface area contributed by atoms with Crippen LogP contribution in [0.2, 0.25) is 0 Å². The van der Waals surface area contributed by atoms with Crippen LogP contribution >= 0.6 is 11.3 Å². The molecule has 0 bridgehead atoms. The Bertz CT molecular complexity index is 1840. The lowest BCUT2D eigenvalue weighted by molar-refractivity contribution is 0.498. The summed E-state index contributed by atoms with van der Waals surface area (Å²) in [5.41, 5.74) is 11.4. The molecule has 37 heavy (non-hydrogen) atoms. The number of rotatable bonds is 5. The summed E-state index contributed by atoms with van der Waals surface area (Å²) in [5, 5.41) is 12.4. The molecule has 5 heteroatoms. The number of nitrogens with one attached hydrogen (secondary N) is 2. The summed E-state index contributed by atoms with van der Waals surface area (Å²) >= 11 is 1.87. The van der Waals surface area contributed by atoms with Crippen LogP contribution in [-0.4, -0.2) is 17.3 Å². The van der Waals surface area contributed by atoms with Gasteiger partial charge < -0.3 is 11.1 Å². The van der Waals surface area contributed by atoms with Crippen molar-refractivity contribution in [2.24, 2.45) is 5.73 Å². The molecular formula is C32H28N4S. The summed E-state index contributed by atoms with van der Waals surface area (Å²) < 4.78 is 5.03. The summed E-state index contributed by atoms with van der Waals surface area (Å²) in [7, 11) is 0. The molecule has 182 valence electrons. The summed E-state index contributed by atoms with van der Waals surface area (Å²) in [6.07, 6.45) is 4.12. The van der Waals surface area contributed by atoms with Crippen molar-refractivity contribution in [1.29, 1.82) is 0 Å². The quantitative estimate of drug-likeness (QED) is 0.221. The Morgan fingerprint density at radius 2 is 1.54 bits per heavy atom. The van der Waals surface area contributed by atoms with E-state index in [1.54, 1.807) is 0 Å². The highest BCUT2D eigenvalue weighted by Gasteiger charge is 2.21. The Balaban J connectivity index is 1.33. The topological polar surface area (TPSA) is 55.0 Å². The molecule has 6 aromatic rings. The van der Waals surface area contributed by atoms with E-state index in [1.165, 1.54) is 47.5 Å². The molecule has 0 saturated heterocycles. The maximum Gasteiger partial charge on any atom is 0.111 e. The van der Waals surface area contributed by atoms with Gasteiger partial charge in [-0.1, -0.05) is 84.9 Å². The summed E-state index contributed by atoms with van der Waals surface area (Å²) in [6, 6.07) is 32.5. The second kappa shape index (κ2) is 8.89. The van der Waals surface area contributed by atoms with E-state index in [1.807, 2.05) is 17.4 Å². The lowest BCUT2D eigenvalue weighted by Crippen LogP contribution is -2.43. The normalized spacial score (nSPS) is 15.6. The Morgan fingerprint density at radius 3 is 2.35 bits per heavy atom.